The first-order chi connectivity index (χ1) is 8.04. The number of carbonyl (C=O) groups is 1. The maximum Gasteiger partial charge on any atom is 0.242 e. The fraction of sp³-hybridized carbons (Fsp3) is 0.545. The number of rotatable bonds is 5. The lowest BCUT2D eigenvalue weighted by Crippen LogP contribution is -2.38. The molecule has 1 atom stereocenters. The molecule has 1 unspecified atom stereocenters. The first-order valence-corrected chi connectivity index (χ1v) is 5.68. The standard InChI is InChI=1S/C11H19N5O/c1-4-5-13-10(17)8(3)15-9-7(2)6-14-11(12)16-9/h6,8H,4-5H2,1-3H3,(H,13,17)(H3,12,14,15,16). The minimum atomic E-state index is -0.352. The summed E-state index contributed by atoms with van der Waals surface area (Å²) in [4.78, 5) is 19.6. The van der Waals surface area contributed by atoms with Crippen molar-refractivity contribution >= 4 is 17.7 Å². The van der Waals surface area contributed by atoms with Crippen LogP contribution in [-0.4, -0.2) is 28.5 Å². The molecule has 6 nitrogen and oxygen atoms in total. The number of anilines is 2. The van der Waals surface area contributed by atoms with Gasteiger partial charge in [-0.05, 0) is 20.3 Å². The van der Waals surface area contributed by atoms with E-state index in [0.29, 0.717) is 12.4 Å². The Hall–Kier alpha value is -1.85. The highest BCUT2D eigenvalue weighted by atomic mass is 16.2. The third-order valence-electron chi connectivity index (χ3n) is 2.29. The Morgan fingerprint density at radius 1 is 1.59 bits per heavy atom. The lowest BCUT2D eigenvalue weighted by atomic mass is 10.2. The lowest BCUT2D eigenvalue weighted by Gasteiger charge is -2.15. The van der Waals surface area contributed by atoms with Gasteiger partial charge in [-0.2, -0.15) is 4.98 Å². The van der Waals surface area contributed by atoms with Gasteiger partial charge in [-0.3, -0.25) is 4.79 Å². The lowest BCUT2D eigenvalue weighted by molar-refractivity contribution is -0.121. The van der Waals surface area contributed by atoms with Gasteiger partial charge in [0.15, 0.2) is 0 Å². The molecule has 1 amide bonds. The number of nitrogens with two attached hydrogens (primary N) is 1. The Kier molecular flexibility index (Phi) is 4.68. The van der Waals surface area contributed by atoms with E-state index in [1.165, 1.54) is 0 Å². The number of amides is 1. The van der Waals surface area contributed by atoms with E-state index in [1.807, 2.05) is 13.8 Å². The zero-order valence-electron chi connectivity index (χ0n) is 10.4. The van der Waals surface area contributed by atoms with E-state index in [1.54, 1.807) is 13.1 Å². The second-order valence-electron chi connectivity index (χ2n) is 3.92. The quantitative estimate of drug-likeness (QED) is 0.700. The first kappa shape index (κ1) is 13.2. The molecule has 0 bridgehead atoms. The first-order valence-electron chi connectivity index (χ1n) is 5.68. The fourth-order valence-electron chi connectivity index (χ4n) is 1.27. The summed E-state index contributed by atoms with van der Waals surface area (Å²) in [5.41, 5.74) is 6.35. The summed E-state index contributed by atoms with van der Waals surface area (Å²) in [6.45, 7) is 6.32. The highest BCUT2D eigenvalue weighted by Gasteiger charge is 2.13. The van der Waals surface area contributed by atoms with Gasteiger partial charge in [-0.25, -0.2) is 4.98 Å². The molecule has 0 radical (unpaired) electrons. The highest BCUT2D eigenvalue weighted by molar-refractivity contribution is 5.84. The van der Waals surface area contributed by atoms with Crippen LogP contribution in [0.15, 0.2) is 6.20 Å². The summed E-state index contributed by atoms with van der Waals surface area (Å²) in [5, 5.41) is 5.83. The number of nitrogen functional groups attached to an aromatic ring is 1. The number of carbonyl (C=O) groups excluding carboxylic acids is 1. The Morgan fingerprint density at radius 2 is 2.29 bits per heavy atom. The van der Waals surface area contributed by atoms with Crippen LogP contribution in [-0.2, 0) is 4.79 Å². The second kappa shape index (κ2) is 6.03. The summed E-state index contributed by atoms with van der Waals surface area (Å²) in [7, 11) is 0. The van der Waals surface area contributed by atoms with Crippen LogP contribution in [0.4, 0.5) is 11.8 Å². The average molecular weight is 237 g/mol. The van der Waals surface area contributed by atoms with Crippen LogP contribution in [0.2, 0.25) is 0 Å². The van der Waals surface area contributed by atoms with Gasteiger partial charge in [-0.1, -0.05) is 6.92 Å². The maximum absolute atomic E-state index is 11.7. The number of hydrogen-bond acceptors (Lipinski definition) is 5. The van der Waals surface area contributed by atoms with Crippen molar-refractivity contribution < 1.29 is 4.79 Å². The van der Waals surface area contributed by atoms with Crippen LogP contribution in [0.1, 0.15) is 25.8 Å². The van der Waals surface area contributed by atoms with Crippen molar-refractivity contribution in [1.29, 1.82) is 0 Å². The van der Waals surface area contributed by atoms with E-state index in [4.69, 9.17) is 5.73 Å². The zero-order chi connectivity index (χ0) is 12.8. The van der Waals surface area contributed by atoms with Crippen molar-refractivity contribution in [2.75, 3.05) is 17.6 Å². The van der Waals surface area contributed by atoms with Gasteiger partial charge in [0.05, 0.1) is 0 Å². The van der Waals surface area contributed by atoms with E-state index < -0.39 is 0 Å². The molecule has 1 aromatic heterocycles. The van der Waals surface area contributed by atoms with E-state index >= 15 is 0 Å². The molecule has 17 heavy (non-hydrogen) atoms. The van der Waals surface area contributed by atoms with Crippen molar-refractivity contribution in [2.24, 2.45) is 0 Å². The summed E-state index contributed by atoms with van der Waals surface area (Å²) < 4.78 is 0. The molecule has 0 saturated heterocycles. The van der Waals surface area contributed by atoms with Gasteiger partial charge < -0.3 is 16.4 Å². The van der Waals surface area contributed by atoms with Crippen molar-refractivity contribution in [2.45, 2.75) is 33.2 Å². The highest BCUT2D eigenvalue weighted by Crippen LogP contribution is 2.11. The van der Waals surface area contributed by atoms with Crippen LogP contribution in [0.3, 0.4) is 0 Å². The molecule has 1 heterocycles. The van der Waals surface area contributed by atoms with Crippen LogP contribution in [0.25, 0.3) is 0 Å². The van der Waals surface area contributed by atoms with Gasteiger partial charge in [0.2, 0.25) is 11.9 Å². The van der Waals surface area contributed by atoms with Gasteiger partial charge in [0.1, 0.15) is 11.9 Å². The van der Waals surface area contributed by atoms with Crippen LogP contribution < -0.4 is 16.4 Å². The van der Waals surface area contributed by atoms with Gasteiger partial charge in [0, 0.05) is 18.3 Å². The van der Waals surface area contributed by atoms with Crippen molar-refractivity contribution in [3.63, 3.8) is 0 Å². The Bertz CT molecular complexity index is 393. The van der Waals surface area contributed by atoms with Crippen molar-refractivity contribution in [3.05, 3.63) is 11.8 Å². The SMILES string of the molecule is CCCNC(=O)C(C)Nc1nc(N)ncc1C. The van der Waals surface area contributed by atoms with Gasteiger partial charge in [0.25, 0.3) is 0 Å². The topological polar surface area (TPSA) is 92.9 Å². The van der Waals surface area contributed by atoms with E-state index in [0.717, 1.165) is 12.0 Å². The van der Waals surface area contributed by atoms with E-state index in [9.17, 15) is 4.79 Å². The molecule has 1 aromatic rings. The van der Waals surface area contributed by atoms with E-state index in [2.05, 4.69) is 20.6 Å². The minimum absolute atomic E-state index is 0.0524. The van der Waals surface area contributed by atoms with Crippen LogP contribution in [0.5, 0.6) is 0 Å². The predicted octanol–water partition coefficient (Wildman–Crippen LogP) is 0.694. The Labute approximate surface area is 101 Å². The summed E-state index contributed by atoms with van der Waals surface area (Å²) in [5.74, 6) is 0.736. The summed E-state index contributed by atoms with van der Waals surface area (Å²) in [6, 6.07) is -0.352. The molecular formula is C11H19N5O. The Morgan fingerprint density at radius 3 is 2.94 bits per heavy atom. The smallest absolute Gasteiger partial charge is 0.242 e. The molecule has 6 heteroatoms. The number of hydrogen-bond donors (Lipinski definition) is 3. The third kappa shape index (κ3) is 3.90. The monoisotopic (exact) mass is 237 g/mol. The largest absolute Gasteiger partial charge is 0.368 e. The summed E-state index contributed by atoms with van der Waals surface area (Å²) in [6.07, 6.45) is 2.54. The molecule has 0 aliphatic rings. The molecule has 0 aliphatic heterocycles. The maximum atomic E-state index is 11.7. The molecule has 1 rings (SSSR count). The number of nitrogens with one attached hydrogen (secondary N) is 2. The van der Waals surface area contributed by atoms with Gasteiger partial charge in [-0.15, -0.1) is 0 Å². The normalized spacial score (nSPS) is 11.9. The average Bonchev–Trinajstić information content (AvgIpc) is 2.30. The number of aromatic nitrogens is 2. The molecule has 0 aromatic carbocycles. The van der Waals surface area contributed by atoms with Crippen molar-refractivity contribution in [1.82, 2.24) is 15.3 Å². The zero-order valence-corrected chi connectivity index (χ0v) is 10.4. The Balaban J connectivity index is 2.64. The summed E-state index contributed by atoms with van der Waals surface area (Å²) >= 11 is 0. The van der Waals surface area contributed by atoms with E-state index in [-0.39, 0.29) is 17.9 Å². The fourth-order valence-corrected chi connectivity index (χ4v) is 1.27. The van der Waals surface area contributed by atoms with Crippen LogP contribution >= 0.6 is 0 Å². The second-order valence-corrected chi connectivity index (χ2v) is 3.92. The molecular weight excluding hydrogens is 218 g/mol. The molecule has 0 fully saturated rings. The minimum Gasteiger partial charge on any atom is -0.368 e. The molecule has 0 saturated carbocycles. The molecule has 4 N–H and O–H groups in total. The number of nitrogens with zero attached hydrogens (tertiary/aromatic N) is 2. The molecule has 0 spiro atoms. The molecule has 94 valence electrons. The van der Waals surface area contributed by atoms with Crippen molar-refractivity contribution in [3.8, 4) is 0 Å². The molecule has 0 aliphatic carbocycles. The van der Waals surface area contributed by atoms with Crippen LogP contribution in [0, 0.1) is 6.92 Å². The predicted molar refractivity (Wildman–Crippen MR) is 67.6 cm³/mol. The third-order valence-corrected chi connectivity index (χ3v) is 2.29. The number of aryl methyl sites for hydroxylation is 1. The van der Waals surface area contributed by atoms with Gasteiger partial charge >= 0.3 is 0 Å².